The monoisotopic (exact) mass is 377 g/mol. The van der Waals surface area contributed by atoms with E-state index in [1.807, 2.05) is 11.0 Å². The van der Waals surface area contributed by atoms with Gasteiger partial charge in [0.15, 0.2) is 0 Å². The Morgan fingerprint density at radius 2 is 2.14 bits per heavy atom. The largest absolute Gasteiger partial charge is 0.366 e. The number of benzene rings is 1. The number of nitriles is 1. The van der Waals surface area contributed by atoms with Crippen molar-refractivity contribution in [3.63, 3.8) is 0 Å². The Balaban J connectivity index is 2.04. The smallest absolute Gasteiger partial charge is 0.248 e. The maximum Gasteiger partial charge on any atom is 0.248 e. The van der Waals surface area contributed by atoms with E-state index in [0.29, 0.717) is 23.4 Å². The minimum absolute atomic E-state index is 0.0264. The Morgan fingerprint density at radius 3 is 2.71 bits per heavy atom. The average Bonchev–Trinajstić information content (AvgIpc) is 2.68. The lowest BCUT2D eigenvalue weighted by Gasteiger charge is -2.41. The van der Waals surface area contributed by atoms with Crippen LogP contribution in [0, 0.1) is 11.3 Å². The Kier molecular flexibility index (Phi) is 5.59. The van der Waals surface area contributed by atoms with Gasteiger partial charge in [-0.05, 0) is 48.7 Å². The van der Waals surface area contributed by atoms with Crippen molar-refractivity contribution < 1.29 is 9.59 Å². The van der Waals surface area contributed by atoms with E-state index in [0.717, 1.165) is 24.1 Å². The molecule has 1 aromatic carbocycles. The van der Waals surface area contributed by atoms with Crippen LogP contribution in [0.25, 0.3) is 0 Å². The minimum Gasteiger partial charge on any atom is -0.366 e. The second-order valence-corrected chi connectivity index (χ2v) is 6.95. The Labute approximate surface area is 164 Å². The number of pyridine rings is 1. The molecule has 3 rings (SSSR count). The van der Waals surface area contributed by atoms with Crippen molar-refractivity contribution in [2.45, 2.75) is 45.2 Å². The first-order valence-electron chi connectivity index (χ1n) is 9.30. The molecule has 2 atom stereocenters. The van der Waals surface area contributed by atoms with Crippen molar-refractivity contribution in [3.05, 3.63) is 53.2 Å². The van der Waals surface area contributed by atoms with Gasteiger partial charge in [0.2, 0.25) is 11.8 Å². The van der Waals surface area contributed by atoms with E-state index >= 15 is 0 Å². The highest BCUT2D eigenvalue weighted by Gasteiger charge is 2.34. The number of hydrogen-bond donors (Lipinski definition) is 2. The van der Waals surface area contributed by atoms with Crippen LogP contribution < -0.4 is 16.0 Å². The fraction of sp³-hybridized carbons (Fsp3) is 0.333. The van der Waals surface area contributed by atoms with E-state index in [1.165, 1.54) is 6.20 Å². The summed E-state index contributed by atoms with van der Waals surface area (Å²) in [6.07, 6.45) is 4.02. The molecule has 0 fully saturated rings. The zero-order valence-electron chi connectivity index (χ0n) is 16.0. The fourth-order valence-electron chi connectivity index (χ4n) is 3.77. The highest BCUT2D eigenvalue weighted by atomic mass is 16.2. The third-order valence-corrected chi connectivity index (χ3v) is 5.00. The van der Waals surface area contributed by atoms with Gasteiger partial charge in [0, 0.05) is 30.4 Å². The number of carbonyl (C=O) groups is 2. The van der Waals surface area contributed by atoms with E-state index in [9.17, 15) is 9.59 Å². The zero-order chi connectivity index (χ0) is 20.3. The predicted octanol–water partition coefficient (Wildman–Crippen LogP) is 3.13. The summed E-state index contributed by atoms with van der Waals surface area (Å²) in [7, 11) is 0. The van der Waals surface area contributed by atoms with Gasteiger partial charge in [-0.1, -0.05) is 13.3 Å². The van der Waals surface area contributed by atoms with Gasteiger partial charge >= 0.3 is 0 Å². The van der Waals surface area contributed by atoms with Crippen molar-refractivity contribution in [3.8, 4) is 6.07 Å². The van der Waals surface area contributed by atoms with Gasteiger partial charge in [-0.3, -0.25) is 9.59 Å². The van der Waals surface area contributed by atoms with Gasteiger partial charge in [0.05, 0.1) is 11.6 Å². The van der Waals surface area contributed by atoms with Crippen molar-refractivity contribution in [1.82, 2.24) is 4.98 Å². The second kappa shape index (κ2) is 8.09. The molecule has 3 N–H and O–H groups in total. The summed E-state index contributed by atoms with van der Waals surface area (Å²) >= 11 is 0. The third kappa shape index (κ3) is 3.81. The van der Waals surface area contributed by atoms with Gasteiger partial charge in [0.25, 0.3) is 0 Å². The normalized spacial score (nSPS) is 18.1. The van der Waals surface area contributed by atoms with Crippen LogP contribution in [-0.2, 0) is 4.79 Å². The molecule has 144 valence electrons. The Bertz CT molecular complexity index is 933. The predicted molar refractivity (Wildman–Crippen MR) is 107 cm³/mol. The van der Waals surface area contributed by atoms with E-state index in [1.54, 1.807) is 37.3 Å². The molecule has 2 amide bonds. The molecule has 0 aliphatic carbocycles. The van der Waals surface area contributed by atoms with Crippen LogP contribution >= 0.6 is 0 Å². The van der Waals surface area contributed by atoms with Crippen LogP contribution in [0.2, 0.25) is 0 Å². The number of nitrogens with two attached hydrogens (primary N) is 1. The molecule has 0 spiro atoms. The number of nitrogens with one attached hydrogen (secondary N) is 1. The SMILES string of the molecule is CCCC1CC(Nc2ccc(C#N)cn2)c2cc(C(N)=O)ccc2N1C(C)=O. The summed E-state index contributed by atoms with van der Waals surface area (Å²) in [6.45, 7) is 3.65. The highest BCUT2D eigenvalue weighted by molar-refractivity contribution is 5.97. The first-order valence-corrected chi connectivity index (χ1v) is 9.30. The van der Waals surface area contributed by atoms with Crippen LogP contribution in [-0.4, -0.2) is 22.8 Å². The first-order chi connectivity index (χ1) is 13.4. The van der Waals surface area contributed by atoms with E-state index in [2.05, 4.69) is 17.2 Å². The molecule has 2 aromatic rings. The number of amides is 2. The third-order valence-electron chi connectivity index (χ3n) is 5.00. The van der Waals surface area contributed by atoms with Crippen molar-refractivity contribution in [1.29, 1.82) is 5.26 Å². The molecule has 7 nitrogen and oxygen atoms in total. The summed E-state index contributed by atoms with van der Waals surface area (Å²) in [5.74, 6) is 0.0931. The van der Waals surface area contributed by atoms with Gasteiger partial charge in [-0.15, -0.1) is 0 Å². The van der Waals surface area contributed by atoms with Crippen molar-refractivity contribution in [2.75, 3.05) is 10.2 Å². The summed E-state index contributed by atoms with van der Waals surface area (Å²) in [6, 6.07) is 10.6. The number of fused-ring (bicyclic) bond motifs is 1. The summed E-state index contributed by atoms with van der Waals surface area (Å²) in [5.41, 5.74) is 7.97. The number of carbonyl (C=O) groups excluding carboxylic acids is 2. The lowest BCUT2D eigenvalue weighted by Crippen LogP contribution is -2.45. The maximum absolute atomic E-state index is 12.4. The summed E-state index contributed by atoms with van der Waals surface area (Å²) in [4.78, 5) is 30.2. The van der Waals surface area contributed by atoms with Crippen molar-refractivity contribution in [2.24, 2.45) is 5.73 Å². The topological polar surface area (TPSA) is 112 Å². The van der Waals surface area contributed by atoms with Crippen LogP contribution in [0.4, 0.5) is 11.5 Å². The Hall–Kier alpha value is -3.40. The number of nitrogens with zero attached hydrogens (tertiary/aromatic N) is 3. The lowest BCUT2D eigenvalue weighted by atomic mass is 9.87. The molecule has 1 aliphatic rings. The fourth-order valence-corrected chi connectivity index (χ4v) is 3.77. The molecule has 1 aliphatic heterocycles. The highest BCUT2D eigenvalue weighted by Crippen LogP contribution is 2.40. The molecule has 0 saturated heterocycles. The van der Waals surface area contributed by atoms with E-state index < -0.39 is 5.91 Å². The number of hydrogen-bond acceptors (Lipinski definition) is 5. The molecule has 0 radical (unpaired) electrons. The number of anilines is 2. The summed E-state index contributed by atoms with van der Waals surface area (Å²) < 4.78 is 0. The quantitative estimate of drug-likeness (QED) is 0.831. The van der Waals surface area contributed by atoms with Crippen molar-refractivity contribution >= 4 is 23.3 Å². The molecule has 0 saturated carbocycles. The average molecular weight is 377 g/mol. The second-order valence-electron chi connectivity index (χ2n) is 6.95. The zero-order valence-corrected chi connectivity index (χ0v) is 16.0. The molecular weight excluding hydrogens is 354 g/mol. The molecular formula is C21H23N5O2. The van der Waals surface area contributed by atoms with E-state index in [-0.39, 0.29) is 18.0 Å². The van der Waals surface area contributed by atoms with Crippen LogP contribution in [0.1, 0.15) is 60.6 Å². The summed E-state index contributed by atoms with van der Waals surface area (Å²) in [5, 5.41) is 12.3. The molecule has 2 heterocycles. The lowest BCUT2D eigenvalue weighted by molar-refractivity contribution is -0.117. The minimum atomic E-state index is -0.511. The van der Waals surface area contributed by atoms with Crippen LogP contribution in [0.3, 0.4) is 0 Å². The first kappa shape index (κ1) is 19.4. The van der Waals surface area contributed by atoms with Crippen LogP contribution in [0.5, 0.6) is 0 Å². The van der Waals surface area contributed by atoms with E-state index in [4.69, 9.17) is 11.0 Å². The molecule has 1 aromatic heterocycles. The maximum atomic E-state index is 12.4. The Morgan fingerprint density at radius 1 is 1.36 bits per heavy atom. The number of rotatable bonds is 5. The molecule has 28 heavy (non-hydrogen) atoms. The van der Waals surface area contributed by atoms with Gasteiger partial charge in [0.1, 0.15) is 11.9 Å². The standard InChI is InChI=1S/C21H23N5O2/c1-3-4-16-10-18(25-20-8-5-14(11-22)12-24-20)17-9-15(21(23)28)6-7-19(17)26(16)13(2)27/h5-9,12,16,18H,3-4,10H2,1-2H3,(H2,23,28)(H,24,25). The number of aromatic nitrogens is 1. The van der Waals surface area contributed by atoms with Gasteiger partial charge in [-0.25, -0.2) is 4.98 Å². The molecule has 0 bridgehead atoms. The van der Waals surface area contributed by atoms with Gasteiger partial charge < -0.3 is 16.0 Å². The van der Waals surface area contributed by atoms with Gasteiger partial charge in [-0.2, -0.15) is 5.26 Å². The van der Waals surface area contributed by atoms with Crippen LogP contribution in [0.15, 0.2) is 36.5 Å². The molecule has 2 unspecified atom stereocenters. The molecule has 7 heteroatoms. The number of primary amides is 1.